The van der Waals surface area contributed by atoms with Crippen LogP contribution in [0.1, 0.15) is 55.7 Å². The molecule has 1 saturated carbocycles. The van der Waals surface area contributed by atoms with Gasteiger partial charge in [0.25, 0.3) is 0 Å². The highest BCUT2D eigenvalue weighted by atomic mass is 35.5. The quantitative estimate of drug-likeness (QED) is 0.510. The lowest BCUT2D eigenvalue weighted by molar-refractivity contribution is -0.128. The first-order valence-electron chi connectivity index (χ1n) is 13.1. The van der Waals surface area contributed by atoms with Crippen molar-refractivity contribution >= 4 is 24.2 Å². The Morgan fingerprint density at radius 3 is 2.54 bits per heavy atom. The van der Waals surface area contributed by atoms with Crippen LogP contribution in [0.2, 0.25) is 0 Å². The second-order valence-corrected chi connectivity index (χ2v) is 10.8. The Hall–Kier alpha value is -2.64. The molecule has 2 aromatic rings. The molecule has 0 aromatic heterocycles. The number of nitrogens with one attached hydrogen (secondary N) is 1. The molecule has 0 unspecified atom stereocenters. The molecule has 8 heteroatoms. The monoisotopic (exact) mass is 529 g/mol. The summed E-state index contributed by atoms with van der Waals surface area (Å²) in [4.78, 5) is 29.7. The molecule has 0 radical (unpaired) electrons. The van der Waals surface area contributed by atoms with Crippen molar-refractivity contribution < 1.29 is 18.7 Å². The first kappa shape index (κ1) is 27.4. The van der Waals surface area contributed by atoms with Gasteiger partial charge in [-0.2, -0.15) is 0 Å². The van der Waals surface area contributed by atoms with Crippen LogP contribution in [0, 0.1) is 17.2 Å². The molecule has 5 rings (SSSR count). The Labute approximate surface area is 224 Å². The fraction of sp³-hybridized carbons (Fsp3) is 0.517. The third kappa shape index (κ3) is 6.82. The fourth-order valence-corrected chi connectivity index (χ4v) is 5.66. The number of methoxy groups -OCH3 is 1. The molecule has 3 fully saturated rings. The SMILES string of the molecule is COc1ccc(CN2CC3(CCN(CC[C@H](NC(=O)C4CC4)c4cccc(F)c4)CC3)CC2=O)cc1.Cl. The second kappa shape index (κ2) is 11.8. The number of carbonyl (C=O) groups excluding carboxylic acids is 2. The topological polar surface area (TPSA) is 61.9 Å². The molecule has 3 aliphatic rings. The average molecular weight is 530 g/mol. The largest absolute Gasteiger partial charge is 0.497 e. The summed E-state index contributed by atoms with van der Waals surface area (Å²) in [6, 6.07) is 14.3. The van der Waals surface area contributed by atoms with Crippen LogP contribution in [0.25, 0.3) is 0 Å². The molecular formula is C29H37ClFN3O3. The zero-order valence-electron chi connectivity index (χ0n) is 21.5. The summed E-state index contributed by atoms with van der Waals surface area (Å²) in [5.41, 5.74) is 2.01. The molecular weight excluding hydrogens is 493 g/mol. The van der Waals surface area contributed by atoms with E-state index in [9.17, 15) is 14.0 Å². The molecule has 2 aromatic carbocycles. The number of piperidine rings is 1. The fourth-order valence-electron chi connectivity index (χ4n) is 5.66. The molecule has 1 N–H and O–H groups in total. The minimum atomic E-state index is -0.275. The van der Waals surface area contributed by atoms with E-state index in [2.05, 4.69) is 10.2 Å². The maximum atomic E-state index is 13.9. The predicted molar refractivity (Wildman–Crippen MR) is 143 cm³/mol. The zero-order valence-corrected chi connectivity index (χ0v) is 22.3. The first-order chi connectivity index (χ1) is 17.4. The van der Waals surface area contributed by atoms with E-state index in [-0.39, 0.29) is 47.4 Å². The summed E-state index contributed by atoms with van der Waals surface area (Å²) in [7, 11) is 1.65. The Morgan fingerprint density at radius 2 is 1.89 bits per heavy atom. The van der Waals surface area contributed by atoms with Gasteiger partial charge in [0, 0.05) is 32.0 Å². The highest BCUT2D eigenvalue weighted by Crippen LogP contribution is 2.41. The highest BCUT2D eigenvalue weighted by molar-refractivity contribution is 5.85. The number of benzene rings is 2. The van der Waals surface area contributed by atoms with Gasteiger partial charge in [-0.15, -0.1) is 12.4 Å². The normalized spacial score (nSPS) is 19.9. The van der Waals surface area contributed by atoms with Crippen LogP contribution >= 0.6 is 12.4 Å². The molecule has 0 bridgehead atoms. The summed E-state index contributed by atoms with van der Waals surface area (Å²) >= 11 is 0. The summed E-state index contributed by atoms with van der Waals surface area (Å²) in [6.45, 7) is 4.18. The highest BCUT2D eigenvalue weighted by Gasteiger charge is 2.44. The Bertz CT molecular complexity index is 1080. The minimum absolute atomic E-state index is 0. The molecule has 200 valence electrons. The van der Waals surface area contributed by atoms with Crippen molar-refractivity contribution in [3.63, 3.8) is 0 Å². The lowest BCUT2D eigenvalue weighted by Crippen LogP contribution is -2.42. The summed E-state index contributed by atoms with van der Waals surface area (Å²) < 4.78 is 19.1. The van der Waals surface area contributed by atoms with Crippen molar-refractivity contribution in [2.45, 2.75) is 51.1 Å². The maximum absolute atomic E-state index is 13.9. The van der Waals surface area contributed by atoms with Gasteiger partial charge in [0.1, 0.15) is 11.6 Å². The number of likely N-dealkylation sites (tertiary alicyclic amines) is 2. The van der Waals surface area contributed by atoms with Gasteiger partial charge in [-0.05, 0) is 86.0 Å². The van der Waals surface area contributed by atoms with E-state index in [1.165, 1.54) is 12.1 Å². The molecule has 2 saturated heterocycles. The van der Waals surface area contributed by atoms with Gasteiger partial charge in [0.15, 0.2) is 0 Å². The number of halogens is 2. The number of hydrogen-bond donors (Lipinski definition) is 1. The summed E-state index contributed by atoms with van der Waals surface area (Å²) in [6.07, 6.45) is 5.26. The van der Waals surface area contributed by atoms with E-state index in [0.717, 1.165) is 75.2 Å². The Balaban J connectivity index is 0.00000320. The maximum Gasteiger partial charge on any atom is 0.223 e. The van der Waals surface area contributed by atoms with Gasteiger partial charge in [0.05, 0.1) is 13.2 Å². The van der Waals surface area contributed by atoms with Crippen LogP contribution in [-0.2, 0) is 16.1 Å². The Kier molecular flexibility index (Phi) is 8.75. The molecule has 1 atom stereocenters. The van der Waals surface area contributed by atoms with E-state index in [1.807, 2.05) is 35.2 Å². The van der Waals surface area contributed by atoms with E-state index < -0.39 is 0 Å². The molecule has 1 spiro atoms. The zero-order chi connectivity index (χ0) is 25.1. The van der Waals surface area contributed by atoms with Gasteiger partial charge in [0.2, 0.25) is 11.8 Å². The van der Waals surface area contributed by atoms with Crippen LogP contribution in [0.15, 0.2) is 48.5 Å². The predicted octanol–water partition coefficient (Wildman–Crippen LogP) is 4.73. The van der Waals surface area contributed by atoms with E-state index in [1.54, 1.807) is 13.2 Å². The van der Waals surface area contributed by atoms with Gasteiger partial charge >= 0.3 is 0 Å². The van der Waals surface area contributed by atoms with Crippen molar-refractivity contribution in [2.24, 2.45) is 11.3 Å². The van der Waals surface area contributed by atoms with Gasteiger partial charge in [-0.1, -0.05) is 24.3 Å². The third-order valence-electron chi connectivity index (χ3n) is 8.10. The van der Waals surface area contributed by atoms with Crippen LogP contribution in [0.5, 0.6) is 5.75 Å². The Morgan fingerprint density at radius 1 is 1.16 bits per heavy atom. The number of rotatable bonds is 9. The van der Waals surface area contributed by atoms with E-state index in [4.69, 9.17) is 4.74 Å². The molecule has 2 aliphatic heterocycles. The van der Waals surface area contributed by atoms with Crippen molar-refractivity contribution in [2.75, 3.05) is 33.3 Å². The number of hydrogen-bond acceptors (Lipinski definition) is 4. The van der Waals surface area contributed by atoms with Gasteiger partial charge < -0.3 is 19.9 Å². The van der Waals surface area contributed by atoms with Crippen LogP contribution in [0.4, 0.5) is 4.39 Å². The second-order valence-electron chi connectivity index (χ2n) is 10.8. The molecule has 37 heavy (non-hydrogen) atoms. The van der Waals surface area contributed by atoms with Crippen molar-refractivity contribution in [1.29, 1.82) is 0 Å². The first-order valence-corrected chi connectivity index (χ1v) is 13.1. The van der Waals surface area contributed by atoms with Crippen LogP contribution < -0.4 is 10.1 Å². The van der Waals surface area contributed by atoms with E-state index >= 15 is 0 Å². The average Bonchev–Trinajstić information content (AvgIpc) is 3.69. The number of nitrogens with zero attached hydrogens (tertiary/aromatic N) is 2. The summed E-state index contributed by atoms with van der Waals surface area (Å²) in [5, 5.41) is 3.16. The standard InChI is InChI=1S/C29H36FN3O3.ClH/c1-36-25-9-5-21(6-10-25)19-33-20-29(18-27(33)34)12-15-32(16-13-29)14-11-26(31-28(35)22-7-8-22)23-3-2-4-24(30)17-23;/h2-6,9-10,17,22,26H,7-8,11-16,18-20H2,1H3,(H,31,35);1H/t26-;/m0./s1. The van der Waals surface area contributed by atoms with Crippen LogP contribution in [0.3, 0.4) is 0 Å². The molecule has 6 nitrogen and oxygen atoms in total. The number of amides is 2. The molecule has 2 amide bonds. The van der Waals surface area contributed by atoms with Crippen molar-refractivity contribution in [3.05, 3.63) is 65.5 Å². The van der Waals surface area contributed by atoms with Crippen molar-refractivity contribution in [3.8, 4) is 5.75 Å². The minimum Gasteiger partial charge on any atom is -0.497 e. The van der Waals surface area contributed by atoms with Crippen molar-refractivity contribution in [1.82, 2.24) is 15.1 Å². The lowest BCUT2D eigenvalue weighted by atomic mass is 9.77. The molecule has 1 aliphatic carbocycles. The lowest BCUT2D eigenvalue weighted by Gasteiger charge is -2.39. The van der Waals surface area contributed by atoms with E-state index in [0.29, 0.717) is 13.0 Å². The van der Waals surface area contributed by atoms with Gasteiger partial charge in [-0.25, -0.2) is 4.39 Å². The van der Waals surface area contributed by atoms with Gasteiger partial charge in [-0.3, -0.25) is 9.59 Å². The molecule has 2 heterocycles. The number of ether oxygens (including phenoxy) is 1. The smallest absolute Gasteiger partial charge is 0.223 e. The summed E-state index contributed by atoms with van der Waals surface area (Å²) in [5.74, 6) is 0.999. The van der Waals surface area contributed by atoms with Crippen LogP contribution in [-0.4, -0.2) is 54.9 Å². The third-order valence-corrected chi connectivity index (χ3v) is 8.10. The number of carbonyl (C=O) groups is 2.